The van der Waals surface area contributed by atoms with Crippen molar-refractivity contribution in [1.82, 2.24) is 25.1 Å². The Morgan fingerprint density at radius 1 is 1.53 bits per heavy atom. The topological polar surface area (TPSA) is 84.0 Å². The van der Waals surface area contributed by atoms with Crippen molar-refractivity contribution in [2.45, 2.75) is 13.5 Å². The van der Waals surface area contributed by atoms with Crippen LogP contribution >= 0.6 is 0 Å². The Morgan fingerprint density at radius 3 is 2.95 bits per heavy atom. The number of H-pyrrole nitrogens is 1. The fraction of sp³-hybridized carbons (Fsp3) is 0.333. The summed E-state index contributed by atoms with van der Waals surface area (Å²) < 4.78 is 5.12. The molecule has 0 aliphatic rings. The van der Waals surface area contributed by atoms with Gasteiger partial charge in [0.25, 0.3) is 5.91 Å². The molecule has 0 saturated heterocycles. The van der Waals surface area contributed by atoms with Crippen LogP contribution in [0.2, 0.25) is 0 Å². The van der Waals surface area contributed by atoms with E-state index in [-0.39, 0.29) is 5.91 Å². The van der Waals surface area contributed by atoms with Crippen molar-refractivity contribution in [3.8, 4) is 5.75 Å². The Balaban J connectivity index is 2.14. The maximum Gasteiger partial charge on any atom is 0.257 e. The fourth-order valence-corrected chi connectivity index (χ4v) is 1.67. The summed E-state index contributed by atoms with van der Waals surface area (Å²) in [5, 5.41) is 6.74. The first kappa shape index (κ1) is 13.0. The number of methoxy groups -OCH3 is 1. The minimum absolute atomic E-state index is 0.165. The van der Waals surface area contributed by atoms with E-state index in [4.69, 9.17) is 4.74 Å². The summed E-state index contributed by atoms with van der Waals surface area (Å²) >= 11 is 0. The van der Waals surface area contributed by atoms with Gasteiger partial charge in [0, 0.05) is 13.2 Å². The van der Waals surface area contributed by atoms with E-state index in [0.717, 1.165) is 5.82 Å². The zero-order valence-corrected chi connectivity index (χ0v) is 11.0. The summed E-state index contributed by atoms with van der Waals surface area (Å²) in [5.41, 5.74) is 0.465. The van der Waals surface area contributed by atoms with E-state index >= 15 is 0 Å². The second-order valence-corrected chi connectivity index (χ2v) is 4.07. The van der Waals surface area contributed by atoms with Gasteiger partial charge in [0.1, 0.15) is 11.6 Å². The molecule has 0 bridgehead atoms. The average Bonchev–Trinajstić information content (AvgIpc) is 2.83. The molecule has 0 aliphatic carbocycles. The lowest BCUT2D eigenvalue weighted by molar-refractivity contribution is 0.0778. The molecule has 7 heteroatoms. The van der Waals surface area contributed by atoms with Gasteiger partial charge in [-0.2, -0.15) is 5.10 Å². The van der Waals surface area contributed by atoms with Gasteiger partial charge in [-0.1, -0.05) is 0 Å². The van der Waals surface area contributed by atoms with Gasteiger partial charge >= 0.3 is 0 Å². The summed E-state index contributed by atoms with van der Waals surface area (Å²) in [7, 11) is 3.19. The molecule has 0 aromatic carbocycles. The molecule has 100 valence electrons. The SMILES string of the molecule is COc1cnccc1C(=O)N(C)Cc1n[nH]c(C)n1. The van der Waals surface area contributed by atoms with Crippen molar-refractivity contribution in [2.24, 2.45) is 0 Å². The Bertz CT molecular complexity index is 581. The minimum Gasteiger partial charge on any atom is -0.494 e. The molecule has 0 aliphatic heterocycles. The van der Waals surface area contributed by atoms with Crippen LogP contribution in [0.5, 0.6) is 5.75 Å². The molecule has 2 aromatic heterocycles. The third-order valence-electron chi connectivity index (χ3n) is 2.60. The molecule has 0 atom stereocenters. The van der Waals surface area contributed by atoms with Gasteiger partial charge in [0.2, 0.25) is 0 Å². The number of nitrogens with one attached hydrogen (secondary N) is 1. The van der Waals surface area contributed by atoms with E-state index in [2.05, 4.69) is 20.2 Å². The normalized spacial score (nSPS) is 10.3. The highest BCUT2D eigenvalue weighted by molar-refractivity contribution is 5.96. The van der Waals surface area contributed by atoms with Crippen molar-refractivity contribution in [1.29, 1.82) is 0 Å². The molecule has 1 amide bonds. The summed E-state index contributed by atoms with van der Waals surface area (Å²) in [6, 6.07) is 1.63. The number of nitrogens with zero attached hydrogens (tertiary/aromatic N) is 4. The van der Waals surface area contributed by atoms with E-state index < -0.39 is 0 Å². The van der Waals surface area contributed by atoms with Crippen LogP contribution in [0.1, 0.15) is 22.0 Å². The van der Waals surface area contributed by atoms with Crippen LogP contribution in [-0.2, 0) is 6.54 Å². The number of hydrogen-bond acceptors (Lipinski definition) is 5. The first-order valence-electron chi connectivity index (χ1n) is 5.73. The van der Waals surface area contributed by atoms with Gasteiger partial charge in [-0.3, -0.25) is 14.9 Å². The van der Waals surface area contributed by atoms with Crippen molar-refractivity contribution in [3.63, 3.8) is 0 Å². The predicted octanol–water partition coefficient (Wildman–Crippen LogP) is 0.789. The van der Waals surface area contributed by atoms with E-state index in [1.807, 2.05) is 6.92 Å². The number of pyridine rings is 1. The van der Waals surface area contributed by atoms with Crippen molar-refractivity contribution in [2.75, 3.05) is 14.2 Å². The Hall–Kier alpha value is -2.44. The van der Waals surface area contributed by atoms with Crippen LogP contribution in [-0.4, -0.2) is 45.1 Å². The van der Waals surface area contributed by atoms with Crippen LogP contribution < -0.4 is 4.74 Å². The molecule has 0 unspecified atom stereocenters. The maximum atomic E-state index is 12.3. The summed E-state index contributed by atoms with van der Waals surface area (Å²) in [5.74, 6) is 1.57. The highest BCUT2D eigenvalue weighted by Crippen LogP contribution is 2.17. The number of aryl methyl sites for hydroxylation is 1. The lowest BCUT2D eigenvalue weighted by atomic mass is 10.2. The van der Waals surface area contributed by atoms with Crippen LogP contribution in [0, 0.1) is 6.92 Å². The number of carbonyl (C=O) groups is 1. The number of amides is 1. The zero-order valence-electron chi connectivity index (χ0n) is 11.0. The fourth-order valence-electron chi connectivity index (χ4n) is 1.67. The van der Waals surface area contributed by atoms with Crippen molar-refractivity contribution in [3.05, 3.63) is 35.7 Å². The number of ether oxygens (including phenoxy) is 1. The minimum atomic E-state index is -0.165. The molecule has 7 nitrogen and oxygen atoms in total. The van der Waals surface area contributed by atoms with Gasteiger partial charge in [0.15, 0.2) is 5.82 Å². The second kappa shape index (κ2) is 5.47. The molecule has 1 N–H and O–H groups in total. The molecule has 0 fully saturated rings. The average molecular weight is 261 g/mol. The van der Waals surface area contributed by atoms with Gasteiger partial charge < -0.3 is 9.64 Å². The first-order valence-corrected chi connectivity index (χ1v) is 5.73. The number of aromatic amines is 1. The van der Waals surface area contributed by atoms with E-state index in [1.54, 1.807) is 19.3 Å². The van der Waals surface area contributed by atoms with Gasteiger partial charge in [-0.15, -0.1) is 0 Å². The Kier molecular flexibility index (Phi) is 3.74. The van der Waals surface area contributed by atoms with Crippen molar-refractivity contribution >= 4 is 5.91 Å². The van der Waals surface area contributed by atoms with Gasteiger partial charge in [-0.25, -0.2) is 4.98 Å². The Morgan fingerprint density at radius 2 is 2.32 bits per heavy atom. The van der Waals surface area contributed by atoms with E-state index in [1.165, 1.54) is 18.2 Å². The molecule has 2 heterocycles. The smallest absolute Gasteiger partial charge is 0.257 e. The number of aromatic nitrogens is 4. The van der Waals surface area contributed by atoms with Crippen LogP contribution in [0.15, 0.2) is 18.5 Å². The molecule has 0 radical (unpaired) electrons. The van der Waals surface area contributed by atoms with Crippen LogP contribution in [0.3, 0.4) is 0 Å². The lowest BCUT2D eigenvalue weighted by Gasteiger charge is -2.16. The first-order chi connectivity index (χ1) is 9.11. The monoisotopic (exact) mass is 261 g/mol. The molecule has 2 aromatic rings. The highest BCUT2D eigenvalue weighted by atomic mass is 16.5. The third-order valence-corrected chi connectivity index (χ3v) is 2.60. The van der Waals surface area contributed by atoms with Crippen LogP contribution in [0.4, 0.5) is 0 Å². The van der Waals surface area contributed by atoms with E-state index in [9.17, 15) is 4.79 Å². The standard InChI is InChI=1S/C12H15N5O2/c1-8-14-11(16-15-8)7-17(2)12(18)9-4-5-13-6-10(9)19-3/h4-6H,7H2,1-3H3,(H,14,15,16). The zero-order chi connectivity index (χ0) is 13.8. The third kappa shape index (κ3) is 2.87. The largest absolute Gasteiger partial charge is 0.494 e. The Labute approximate surface area is 110 Å². The second-order valence-electron chi connectivity index (χ2n) is 4.07. The number of rotatable bonds is 4. The molecule has 0 spiro atoms. The summed E-state index contributed by atoms with van der Waals surface area (Å²) in [6.45, 7) is 2.14. The molecule has 19 heavy (non-hydrogen) atoms. The maximum absolute atomic E-state index is 12.3. The van der Waals surface area contributed by atoms with Crippen molar-refractivity contribution < 1.29 is 9.53 Å². The number of carbonyl (C=O) groups excluding carboxylic acids is 1. The lowest BCUT2D eigenvalue weighted by Crippen LogP contribution is -2.27. The van der Waals surface area contributed by atoms with Gasteiger partial charge in [-0.05, 0) is 13.0 Å². The molecule has 2 rings (SSSR count). The molecular formula is C12H15N5O2. The molecular weight excluding hydrogens is 246 g/mol. The number of hydrogen-bond donors (Lipinski definition) is 1. The van der Waals surface area contributed by atoms with E-state index in [0.29, 0.717) is 23.7 Å². The van der Waals surface area contributed by atoms with Crippen LogP contribution in [0.25, 0.3) is 0 Å². The summed E-state index contributed by atoms with van der Waals surface area (Å²) in [4.78, 5) is 21.9. The predicted molar refractivity (Wildman–Crippen MR) is 67.7 cm³/mol. The highest BCUT2D eigenvalue weighted by Gasteiger charge is 2.17. The molecule has 0 saturated carbocycles. The summed E-state index contributed by atoms with van der Waals surface area (Å²) in [6.07, 6.45) is 3.07. The quantitative estimate of drug-likeness (QED) is 0.879. The van der Waals surface area contributed by atoms with Gasteiger partial charge in [0.05, 0.1) is 25.4 Å².